The van der Waals surface area contributed by atoms with Crippen LogP contribution in [0.4, 0.5) is 11.4 Å². The number of fused-ring (bicyclic) bond motifs is 2. The minimum absolute atomic E-state index is 0.0318. The Hall–Kier alpha value is -2.37. The molecule has 3 heterocycles. The number of ether oxygens (including phenoxy) is 2. The standard InChI is InChI=1S/C23H26N2O3/c26-23(22-20-10-12-27-14-18(20)15-28-22)24-19-7-5-16(6-8-19)13-25-11-9-17-3-1-2-4-21(17)25/h1-8,18,20,22H,9-15H2,(H,24,26)/t18-,20-,22-/m1/s1. The highest BCUT2D eigenvalue weighted by atomic mass is 16.5. The van der Waals surface area contributed by atoms with E-state index in [4.69, 9.17) is 9.47 Å². The predicted octanol–water partition coefficient (Wildman–Crippen LogP) is 3.24. The number of anilines is 2. The topological polar surface area (TPSA) is 50.8 Å². The van der Waals surface area contributed by atoms with Gasteiger partial charge in [0.15, 0.2) is 0 Å². The third-order valence-corrected chi connectivity index (χ3v) is 6.25. The molecule has 3 aliphatic heterocycles. The molecule has 0 aliphatic carbocycles. The van der Waals surface area contributed by atoms with E-state index in [2.05, 4.69) is 46.6 Å². The second-order valence-corrected chi connectivity index (χ2v) is 8.03. The van der Waals surface area contributed by atoms with Crippen LogP contribution in [0.25, 0.3) is 0 Å². The van der Waals surface area contributed by atoms with Crippen LogP contribution in [-0.2, 0) is 27.2 Å². The lowest BCUT2D eigenvalue weighted by Gasteiger charge is -2.26. The number of para-hydroxylation sites is 1. The molecule has 0 unspecified atom stereocenters. The van der Waals surface area contributed by atoms with Crippen LogP contribution in [0, 0.1) is 11.8 Å². The Morgan fingerprint density at radius 1 is 1.11 bits per heavy atom. The van der Waals surface area contributed by atoms with E-state index in [-0.39, 0.29) is 17.9 Å². The van der Waals surface area contributed by atoms with E-state index < -0.39 is 0 Å². The van der Waals surface area contributed by atoms with Gasteiger partial charge in [0.05, 0.1) is 13.2 Å². The minimum Gasteiger partial charge on any atom is -0.381 e. The van der Waals surface area contributed by atoms with E-state index in [0.717, 1.165) is 38.2 Å². The summed E-state index contributed by atoms with van der Waals surface area (Å²) in [6.45, 7) is 4.01. The number of benzene rings is 2. The Morgan fingerprint density at radius 3 is 2.86 bits per heavy atom. The van der Waals surface area contributed by atoms with Crippen LogP contribution < -0.4 is 10.2 Å². The van der Waals surface area contributed by atoms with Crippen molar-refractivity contribution in [2.24, 2.45) is 11.8 Å². The van der Waals surface area contributed by atoms with Gasteiger partial charge < -0.3 is 19.7 Å². The van der Waals surface area contributed by atoms with Gasteiger partial charge in [0.25, 0.3) is 5.91 Å². The van der Waals surface area contributed by atoms with E-state index in [1.165, 1.54) is 16.8 Å². The Balaban J connectivity index is 1.21. The van der Waals surface area contributed by atoms with Crippen LogP contribution in [0.2, 0.25) is 0 Å². The summed E-state index contributed by atoms with van der Waals surface area (Å²) in [6, 6.07) is 16.8. The molecule has 146 valence electrons. The number of hydrogen-bond donors (Lipinski definition) is 1. The molecular formula is C23H26N2O3. The van der Waals surface area contributed by atoms with Crippen molar-refractivity contribution in [3.63, 3.8) is 0 Å². The number of carbonyl (C=O) groups is 1. The first-order valence-corrected chi connectivity index (χ1v) is 10.2. The number of amides is 1. The van der Waals surface area contributed by atoms with Gasteiger partial charge in [-0.2, -0.15) is 0 Å². The van der Waals surface area contributed by atoms with E-state index in [1.807, 2.05) is 12.1 Å². The normalized spacial score (nSPS) is 26.0. The summed E-state index contributed by atoms with van der Waals surface area (Å²) in [5.41, 5.74) is 4.84. The molecule has 0 saturated carbocycles. The van der Waals surface area contributed by atoms with Crippen LogP contribution >= 0.6 is 0 Å². The van der Waals surface area contributed by atoms with Gasteiger partial charge in [0, 0.05) is 42.9 Å². The quantitative estimate of drug-likeness (QED) is 0.887. The molecule has 0 aromatic heterocycles. The molecular weight excluding hydrogens is 352 g/mol. The molecule has 2 aromatic rings. The predicted molar refractivity (Wildman–Crippen MR) is 108 cm³/mol. The third-order valence-electron chi connectivity index (χ3n) is 6.25. The molecule has 0 bridgehead atoms. The van der Waals surface area contributed by atoms with Crippen molar-refractivity contribution in [3.8, 4) is 0 Å². The first-order valence-electron chi connectivity index (χ1n) is 10.2. The van der Waals surface area contributed by atoms with Gasteiger partial charge in [0.1, 0.15) is 6.10 Å². The minimum atomic E-state index is -0.352. The Morgan fingerprint density at radius 2 is 1.96 bits per heavy atom. The molecule has 0 spiro atoms. The number of carbonyl (C=O) groups excluding carboxylic acids is 1. The fourth-order valence-corrected chi connectivity index (χ4v) is 4.70. The lowest BCUT2D eigenvalue weighted by molar-refractivity contribution is -0.126. The summed E-state index contributed by atoms with van der Waals surface area (Å²) >= 11 is 0. The summed E-state index contributed by atoms with van der Waals surface area (Å²) in [5, 5.41) is 3.04. The maximum atomic E-state index is 12.7. The SMILES string of the molecule is O=C(Nc1ccc(CN2CCc3ccccc32)cc1)[C@@H]1OC[C@H]2COCC[C@H]21. The first-order chi connectivity index (χ1) is 13.8. The molecule has 2 aromatic carbocycles. The van der Waals surface area contributed by atoms with Gasteiger partial charge in [-0.3, -0.25) is 4.79 Å². The smallest absolute Gasteiger partial charge is 0.253 e. The van der Waals surface area contributed by atoms with Crippen LogP contribution in [0.15, 0.2) is 48.5 Å². The molecule has 0 radical (unpaired) electrons. The highest BCUT2D eigenvalue weighted by molar-refractivity contribution is 5.94. The van der Waals surface area contributed by atoms with Crippen molar-refractivity contribution in [3.05, 3.63) is 59.7 Å². The maximum Gasteiger partial charge on any atom is 0.253 e. The van der Waals surface area contributed by atoms with Crippen LogP contribution in [-0.4, -0.2) is 38.4 Å². The van der Waals surface area contributed by atoms with Crippen molar-refractivity contribution in [1.29, 1.82) is 0 Å². The van der Waals surface area contributed by atoms with E-state index in [9.17, 15) is 4.79 Å². The number of nitrogens with zero attached hydrogens (tertiary/aromatic N) is 1. The summed E-state index contributed by atoms with van der Waals surface area (Å²) in [6.07, 6.45) is 1.66. The zero-order valence-corrected chi connectivity index (χ0v) is 16.0. The van der Waals surface area contributed by atoms with Crippen molar-refractivity contribution < 1.29 is 14.3 Å². The fraction of sp³-hybridized carbons (Fsp3) is 0.435. The van der Waals surface area contributed by atoms with Crippen LogP contribution in [0.1, 0.15) is 17.5 Å². The highest BCUT2D eigenvalue weighted by Gasteiger charge is 2.42. The second kappa shape index (κ2) is 7.57. The van der Waals surface area contributed by atoms with Gasteiger partial charge in [-0.1, -0.05) is 30.3 Å². The van der Waals surface area contributed by atoms with Gasteiger partial charge >= 0.3 is 0 Å². The molecule has 1 amide bonds. The summed E-state index contributed by atoms with van der Waals surface area (Å²) in [4.78, 5) is 15.1. The highest BCUT2D eigenvalue weighted by Crippen LogP contribution is 2.34. The molecule has 1 N–H and O–H groups in total. The first kappa shape index (κ1) is 17.7. The van der Waals surface area contributed by atoms with Gasteiger partial charge in [0.2, 0.25) is 0 Å². The lowest BCUT2D eigenvalue weighted by Crippen LogP contribution is -2.37. The van der Waals surface area contributed by atoms with Crippen molar-refractivity contribution in [2.75, 3.05) is 36.6 Å². The van der Waals surface area contributed by atoms with E-state index in [1.54, 1.807) is 0 Å². The molecule has 2 saturated heterocycles. The number of nitrogens with one attached hydrogen (secondary N) is 1. The molecule has 28 heavy (non-hydrogen) atoms. The molecule has 5 heteroatoms. The number of hydrogen-bond acceptors (Lipinski definition) is 4. The molecule has 5 rings (SSSR count). The molecule has 2 fully saturated rings. The Kier molecular flexibility index (Phi) is 4.79. The van der Waals surface area contributed by atoms with E-state index >= 15 is 0 Å². The fourth-order valence-electron chi connectivity index (χ4n) is 4.70. The second-order valence-electron chi connectivity index (χ2n) is 8.03. The largest absolute Gasteiger partial charge is 0.381 e. The van der Waals surface area contributed by atoms with E-state index in [0.29, 0.717) is 19.1 Å². The van der Waals surface area contributed by atoms with Gasteiger partial charge in [-0.15, -0.1) is 0 Å². The van der Waals surface area contributed by atoms with Crippen molar-refractivity contribution >= 4 is 17.3 Å². The van der Waals surface area contributed by atoms with Crippen molar-refractivity contribution in [1.82, 2.24) is 0 Å². The Labute approximate surface area is 165 Å². The molecule has 5 nitrogen and oxygen atoms in total. The maximum absolute atomic E-state index is 12.7. The Bertz CT molecular complexity index is 851. The van der Waals surface area contributed by atoms with Gasteiger partial charge in [-0.05, 0) is 42.2 Å². The summed E-state index contributed by atoms with van der Waals surface area (Å²) in [5.74, 6) is 0.606. The van der Waals surface area contributed by atoms with Crippen LogP contribution in [0.5, 0.6) is 0 Å². The lowest BCUT2D eigenvalue weighted by atomic mass is 9.86. The molecule has 3 aliphatic rings. The zero-order chi connectivity index (χ0) is 18.9. The summed E-state index contributed by atoms with van der Waals surface area (Å²) in [7, 11) is 0. The average molecular weight is 378 g/mol. The van der Waals surface area contributed by atoms with Crippen molar-refractivity contribution in [2.45, 2.75) is 25.5 Å². The molecule has 3 atom stereocenters. The zero-order valence-electron chi connectivity index (χ0n) is 16.0. The third kappa shape index (κ3) is 3.40. The average Bonchev–Trinajstić information content (AvgIpc) is 3.34. The van der Waals surface area contributed by atoms with Gasteiger partial charge in [-0.25, -0.2) is 0 Å². The van der Waals surface area contributed by atoms with Crippen LogP contribution in [0.3, 0.4) is 0 Å². The summed E-state index contributed by atoms with van der Waals surface area (Å²) < 4.78 is 11.3. The number of rotatable bonds is 4. The monoisotopic (exact) mass is 378 g/mol.